The summed E-state index contributed by atoms with van der Waals surface area (Å²) in [5.74, 6) is 0.636. The average molecular weight is 342 g/mol. The minimum absolute atomic E-state index is 0.169. The Bertz CT molecular complexity index is 662. The van der Waals surface area contributed by atoms with Crippen LogP contribution in [0, 0.1) is 11.3 Å². The molecule has 1 atom stereocenters. The van der Waals surface area contributed by atoms with Gasteiger partial charge in [0, 0.05) is 17.7 Å². The molecule has 0 aliphatic heterocycles. The minimum atomic E-state index is -3.16. The first kappa shape index (κ1) is 15.8. The van der Waals surface area contributed by atoms with E-state index in [1.807, 2.05) is 0 Å². The highest BCUT2D eigenvalue weighted by atomic mass is 32.2. The van der Waals surface area contributed by atoms with Crippen molar-refractivity contribution in [2.75, 3.05) is 12.8 Å². The molecule has 122 valence electrons. The van der Waals surface area contributed by atoms with Gasteiger partial charge in [0.2, 0.25) is 0 Å². The highest BCUT2D eigenvalue weighted by Crippen LogP contribution is 2.60. The summed E-state index contributed by atoms with van der Waals surface area (Å²) in [5, 5.41) is 5.76. The molecular weight excluding hydrogens is 320 g/mol. The molecule has 2 N–H and O–H groups in total. The monoisotopic (exact) mass is 342 g/mol. The van der Waals surface area contributed by atoms with E-state index in [1.165, 1.54) is 49.7 Å². The molecule has 22 heavy (non-hydrogen) atoms. The maximum atomic E-state index is 11.9. The van der Waals surface area contributed by atoms with Gasteiger partial charge in [0.25, 0.3) is 0 Å². The van der Waals surface area contributed by atoms with Crippen LogP contribution in [0.15, 0.2) is 16.3 Å². The fourth-order valence-electron chi connectivity index (χ4n) is 3.45. The van der Waals surface area contributed by atoms with Crippen LogP contribution in [0.3, 0.4) is 0 Å². The van der Waals surface area contributed by atoms with Crippen molar-refractivity contribution in [1.82, 2.24) is 10.6 Å². The van der Waals surface area contributed by atoms with Crippen molar-refractivity contribution >= 4 is 27.2 Å². The lowest BCUT2D eigenvalue weighted by Gasteiger charge is -2.18. The summed E-state index contributed by atoms with van der Waals surface area (Å²) in [4.78, 5) is 12.7. The van der Waals surface area contributed by atoms with Crippen LogP contribution in [0.1, 0.15) is 37.0 Å². The number of carbonyl (C=O) groups excluding carboxylic acids is 1. The van der Waals surface area contributed by atoms with Crippen LogP contribution >= 0.6 is 11.3 Å². The van der Waals surface area contributed by atoms with Crippen LogP contribution in [-0.4, -0.2) is 27.2 Å². The van der Waals surface area contributed by atoms with Gasteiger partial charge in [0.15, 0.2) is 9.84 Å². The van der Waals surface area contributed by atoms with E-state index in [1.54, 1.807) is 12.1 Å². The van der Waals surface area contributed by atoms with Crippen LogP contribution < -0.4 is 10.6 Å². The standard InChI is InChI=1S/C15H22N2O3S2/c1-22(19,20)13-5-4-12(21-13)10-17-14(18)16-9-11-3-2-6-15(11)7-8-15/h4-5,11H,2-3,6-10H2,1H3,(H2,16,17,18). The van der Waals surface area contributed by atoms with E-state index in [4.69, 9.17) is 0 Å². The molecule has 2 aliphatic carbocycles. The molecule has 7 heteroatoms. The maximum absolute atomic E-state index is 11.9. The Hall–Kier alpha value is -1.08. The smallest absolute Gasteiger partial charge is 0.315 e. The van der Waals surface area contributed by atoms with Gasteiger partial charge in [0.1, 0.15) is 4.21 Å². The van der Waals surface area contributed by atoms with Crippen molar-refractivity contribution in [1.29, 1.82) is 0 Å². The van der Waals surface area contributed by atoms with Gasteiger partial charge in [0.05, 0.1) is 6.54 Å². The van der Waals surface area contributed by atoms with E-state index in [0.717, 1.165) is 11.4 Å². The second kappa shape index (κ2) is 5.85. The summed E-state index contributed by atoms with van der Waals surface area (Å²) in [7, 11) is -3.16. The van der Waals surface area contributed by atoms with Crippen molar-refractivity contribution in [2.45, 2.75) is 42.9 Å². The second-order valence-electron chi connectivity index (χ2n) is 6.51. The van der Waals surface area contributed by atoms with Gasteiger partial charge in [-0.2, -0.15) is 0 Å². The van der Waals surface area contributed by atoms with Gasteiger partial charge < -0.3 is 10.6 Å². The molecule has 1 unspecified atom stereocenters. The van der Waals surface area contributed by atoms with Gasteiger partial charge >= 0.3 is 6.03 Å². The normalized spacial score (nSPS) is 22.7. The van der Waals surface area contributed by atoms with E-state index < -0.39 is 9.84 Å². The first-order valence-corrected chi connectivity index (χ1v) is 10.4. The largest absolute Gasteiger partial charge is 0.338 e. The Balaban J connectivity index is 1.43. The quantitative estimate of drug-likeness (QED) is 0.863. The summed E-state index contributed by atoms with van der Waals surface area (Å²) in [5.41, 5.74) is 0.547. The van der Waals surface area contributed by atoms with Crippen molar-refractivity contribution in [2.24, 2.45) is 11.3 Å². The molecule has 2 aliphatic rings. The number of hydrogen-bond donors (Lipinski definition) is 2. The summed E-state index contributed by atoms with van der Waals surface area (Å²) in [6.45, 7) is 1.12. The lowest BCUT2D eigenvalue weighted by atomic mass is 9.93. The van der Waals surface area contributed by atoms with E-state index in [0.29, 0.717) is 22.1 Å². The van der Waals surface area contributed by atoms with Crippen LogP contribution in [-0.2, 0) is 16.4 Å². The molecule has 1 spiro atoms. The topological polar surface area (TPSA) is 75.3 Å². The molecule has 1 aromatic heterocycles. The maximum Gasteiger partial charge on any atom is 0.315 e. The number of carbonyl (C=O) groups is 1. The molecule has 0 aromatic carbocycles. The summed E-state index contributed by atoms with van der Waals surface area (Å²) < 4.78 is 23.2. The average Bonchev–Trinajstić information content (AvgIpc) is 2.89. The van der Waals surface area contributed by atoms with Gasteiger partial charge in [-0.05, 0) is 49.1 Å². The second-order valence-corrected chi connectivity index (χ2v) is 9.92. The fraction of sp³-hybridized carbons (Fsp3) is 0.667. The van der Waals surface area contributed by atoms with Crippen LogP contribution in [0.4, 0.5) is 4.79 Å². The molecule has 2 amide bonds. The molecule has 1 aromatic rings. The number of hydrogen-bond acceptors (Lipinski definition) is 4. The van der Waals surface area contributed by atoms with E-state index in [-0.39, 0.29) is 6.03 Å². The third kappa shape index (κ3) is 3.46. The summed E-state index contributed by atoms with van der Waals surface area (Å²) >= 11 is 1.20. The molecule has 1 heterocycles. The molecule has 0 bridgehead atoms. The number of urea groups is 1. The molecule has 2 saturated carbocycles. The lowest BCUT2D eigenvalue weighted by molar-refractivity contribution is 0.235. The van der Waals surface area contributed by atoms with Crippen molar-refractivity contribution in [3.8, 4) is 0 Å². The van der Waals surface area contributed by atoms with Crippen molar-refractivity contribution < 1.29 is 13.2 Å². The zero-order chi connectivity index (χ0) is 15.8. The highest BCUT2D eigenvalue weighted by molar-refractivity contribution is 7.92. The SMILES string of the molecule is CS(=O)(=O)c1ccc(CNC(=O)NCC2CCCC23CC3)s1. The predicted octanol–water partition coefficient (Wildman–Crippen LogP) is 2.53. The van der Waals surface area contributed by atoms with E-state index in [9.17, 15) is 13.2 Å². The highest BCUT2D eigenvalue weighted by Gasteiger charge is 2.51. The van der Waals surface area contributed by atoms with E-state index in [2.05, 4.69) is 10.6 Å². The van der Waals surface area contributed by atoms with Gasteiger partial charge in [-0.25, -0.2) is 13.2 Å². The number of amides is 2. The molecule has 0 saturated heterocycles. The van der Waals surface area contributed by atoms with Crippen LogP contribution in [0.5, 0.6) is 0 Å². The predicted molar refractivity (Wildman–Crippen MR) is 86.7 cm³/mol. The molecule has 3 rings (SSSR count). The van der Waals surface area contributed by atoms with Crippen molar-refractivity contribution in [3.63, 3.8) is 0 Å². The zero-order valence-corrected chi connectivity index (χ0v) is 14.4. The van der Waals surface area contributed by atoms with Gasteiger partial charge in [-0.15, -0.1) is 11.3 Å². The molecule has 0 radical (unpaired) electrons. The number of thiophene rings is 1. The third-order valence-corrected chi connectivity index (χ3v) is 7.83. The van der Waals surface area contributed by atoms with E-state index >= 15 is 0 Å². The minimum Gasteiger partial charge on any atom is -0.338 e. The first-order chi connectivity index (χ1) is 10.4. The Morgan fingerprint density at radius 3 is 2.73 bits per heavy atom. The van der Waals surface area contributed by atoms with Gasteiger partial charge in [-0.3, -0.25) is 0 Å². The number of nitrogens with one attached hydrogen (secondary N) is 2. The Labute approximate surface area is 135 Å². The lowest BCUT2D eigenvalue weighted by Crippen LogP contribution is -2.38. The van der Waals surface area contributed by atoms with Crippen LogP contribution in [0.2, 0.25) is 0 Å². The Morgan fingerprint density at radius 1 is 1.32 bits per heavy atom. The van der Waals surface area contributed by atoms with Crippen molar-refractivity contribution in [3.05, 3.63) is 17.0 Å². The molecule has 2 fully saturated rings. The summed E-state index contributed by atoms with van der Waals surface area (Å²) in [6, 6.07) is 3.17. The first-order valence-electron chi connectivity index (χ1n) is 7.70. The molecule has 5 nitrogen and oxygen atoms in total. The fourth-order valence-corrected chi connectivity index (χ4v) is 5.36. The number of sulfone groups is 1. The third-order valence-electron chi connectivity index (χ3n) is 4.92. The Kier molecular flexibility index (Phi) is 4.20. The molecular formula is C15H22N2O3S2. The van der Waals surface area contributed by atoms with Gasteiger partial charge in [-0.1, -0.05) is 6.42 Å². The Morgan fingerprint density at radius 2 is 2.09 bits per heavy atom. The zero-order valence-electron chi connectivity index (χ0n) is 12.7. The number of rotatable bonds is 5. The summed E-state index contributed by atoms with van der Waals surface area (Å²) in [6.07, 6.45) is 7.68. The van der Waals surface area contributed by atoms with Crippen LogP contribution in [0.25, 0.3) is 0 Å².